The minimum absolute atomic E-state index is 0. The molecule has 0 fully saturated rings. The molecule has 3 heteroatoms. The van der Waals surface area contributed by atoms with E-state index in [-0.39, 0.29) is 17.0 Å². The molecule has 0 atom stereocenters. The Balaban J connectivity index is 0.00000176. The second-order valence-corrected chi connectivity index (χ2v) is 9.51. The lowest BCUT2D eigenvalue weighted by atomic mass is 10.4. The van der Waals surface area contributed by atoms with Crippen LogP contribution in [0.2, 0.25) is 0 Å². The van der Waals surface area contributed by atoms with E-state index < -0.39 is 7.26 Å². The molecule has 0 amide bonds. The molecule has 3 aromatic rings. The first-order valence-electron chi connectivity index (χ1n) is 6.96. The Morgan fingerprint density at radius 2 is 1.05 bits per heavy atom. The van der Waals surface area contributed by atoms with Crippen molar-refractivity contribution in [2.45, 2.75) is 0 Å². The van der Waals surface area contributed by atoms with Gasteiger partial charge in [0.2, 0.25) is 0 Å². The summed E-state index contributed by atoms with van der Waals surface area (Å²) < 4.78 is 1.19. The van der Waals surface area contributed by atoms with E-state index in [1.54, 1.807) is 0 Å². The van der Waals surface area contributed by atoms with Gasteiger partial charge in [-0.25, -0.2) is 0 Å². The zero-order chi connectivity index (χ0) is 14.7. The normalized spacial score (nSPS) is 10.8. The van der Waals surface area contributed by atoms with Gasteiger partial charge in [-0.1, -0.05) is 48.5 Å². The predicted octanol–water partition coefficient (Wildman–Crippen LogP) is 1.38. The van der Waals surface area contributed by atoms with E-state index in [0.29, 0.717) is 0 Å². The van der Waals surface area contributed by atoms with Gasteiger partial charge in [-0.15, -0.1) is 0 Å². The molecule has 0 aliphatic heterocycles. The van der Waals surface area contributed by atoms with Crippen LogP contribution in [0.15, 0.2) is 89.4 Å². The van der Waals surface area contributed by atoms with Gasteiger partial charge in [0.1, 0.15) is 23.2 Å². The maximum Gasteiger partial charge on any atom is 0.118 e. The highest BCUT2D eigenvalue weighted by atomic mass is 79.9. The Morgan fingerprint density at radius 1 is 0.636 bits per heavy atom. The van der Waals surface area contributed by atoms with Crippen LogP contribution in [-0.4, -0.2) is 6.66 Å². The van der Waals surface area contributed by atoms with Crippen LogP contribution < -0.4 is 32.9 Å². The summed E-state index contributed by atoms with van der Waals surface area (Å²) in [6, 6.07) is 30.3. The quantitative estimate of drug-likeness (QED) is 0.545. The molecule has 0 heterocycles. The van der Waals surface area contributed by atoms with Gasteiger partial charge < -0.3 is 17.0 Å². The highest BCUT2D eigenvalue weighted by molar-refractivity contribution is 9.10. The highest BCUT2D eigenvalue weighted by Crippen LogP contribution is 2.52. The molecule has 0 aromatic heterocycles. The minimum atomic E-state index is -1.61. The summed E-state index contributed by atoms with van der Waals surface area (Å²) in [6.45, 7) is 2.40. The molecular formula is C19H17Br2P. The fourth-order valence-electron chi connectivity index (χ4n) is 2.69. The van der Waals surface area contributed by atoms with Gasteiger partial charge in [0.05, 0.1) is 11.1 Å². The average Bonchev–Trinajstić information content (AvgIpc) is 2.56. The second kappa shape index (κ2) is 7.55. The number of rotatable bonds is 3. The molecule has 0 N–H and O–H groups in total. The number of hydrogen-bond acceptors (Lipinski definition) is 0. The van der Waals surface area contributed by atoms with Gasteiger partial charge in [0, 0.05) is 0 Å². The van der Waals surface area contributed by atoms with Crippen molar-refractivity contribution >= 4 is 39.1 Å². The van der Waals surface area contributed by atoms with Gasteiger partial charge in [-0.3, -0.25) is 0 Å². The van der Waals surface area contributed by atoms with Gasteiger partial charge in [-0.2, -0.15) is 0 Å². The third-order valence-corrected chi connectivity index (χ3v) is 8.89. The second-order valence-electron chi connectivity index (χ2n) is 5.13. The Kier molecular flexibility index (Phi) is 5.97. The third-order valence-electron chi connectivity index (χ3n) is 3.88. The van der Waals surface area contributed by atoms with E-state index in [9.17, 15) is 0 Å². The first-order valence-corrected chi connectivity index (χ1v) is 9.98. The molecule has 22 heavy (non-hydrogen) atoms. The third kappa shape index (κ3) is 3.20. The first kappa shape index (κ1) is 17.4. The molecule has 112 valence electrons. The van der Waals surface area contributed by atoms with E-state index in [1.165, 1.54) is 20.4 Å². The van der Waals surface area contributed by atoms with Gasteiger partial charge >= 0.3 is 0 Å². The summed E-state index contributed by atoms with van der Waals surface area (Å²) in [5.74, 6) is 0. The molecule has 0 radical (unpaired) electrons. The molecular weight excluding hydrogens is 419 g/mol. The van der Waals surface area contributed by atoms with Crippen LogP contribution in [0.25, 0.3) is 0 Å². The van der Waals surface area contributed by atoms with Crippen molar-refractivity contribution in [3.63, 3.8) is 0 Å². The van der Waals surface area contributed by atoms with Crippen molar-refractivity contribution in [1.82, 2.24) is 0 Å². The average molecular weight is 436 g/mol. The monoisotopic (exact) mass is 434 g/mol. The molecule has 0 saturated heterocycles. The van der Waals surface area contributed by atoms with E-state index in [1.807, 2.05) is 0 Å². The lowest BCUT2D eigenvalue weighted by molar-refractivity contribution is -0.00000398. The Bertz CT molecular complexity index is 687. The lowest BCUT2D eigenvalue weighted by Crippen LogP contribution is -3.00. The Labute approximate surface area is 151 Å². The molecule has 0 aliphatic rings. The van der Waals surface area contributed by atoms with Gasteiger partial charge in [0.15, 0.2) is 0 Å². The van der Waals surface area contributed by atoms with E-state index in [2.05, 4.69) is 108 Å². The van der Waals surface area contributed by atoms with Crippen LogP contribution in [0.3, 0.4) is 0 Å². The van der Waals surface area contributed by atoms with Crippen molar-refractivity contribution in [1.29, 1.82) is 0 Å². The largest absolute Gasteiger partial charge is 1.00 e. The first-order chi connectivity index (χ1) is 10.2. The fourth-order valence-corrected chi connectivity index (χ4v) is 7.32. The highest BCUT2D eigenvalue weighted by Gasteiger charge is 2.41. The maximum atomic E-state index is 3.75. The molecule has 0 unspecified atom stereocenters. The van der Waals surface area contributed by atoms with Crippen LogP contribution in [-0.2, 0) is 0 Å². The van der Waals surface area contributed by atoms with Crippen LogP contribution in [0.4, 0.5) is 0 Å². The number of halogens is 2. The predicted molar refractivity (Wildman–Crippen MR) is 98.8 cm³/mol. The molecule has 0 aliphatic carbocycles. The van der Waals surface area contributed by atoms with Crippen molar-refractivity contribution in [3.8, 4) is 0 Å². The SMILES string of the molecule is C[P+](c1ccccc1)(c1ccccc1)c1ccccc1Br.[Br-]. The van der Waals surface area contributed by atoms with E-state index in [0.717, 1.165) is 0 Å². The molecule has 0 spiro atoms. The van der Waals surface area contributed by atoms with Crippen molar-refractivity contribution < 1.29 is 17.0 Å². The van der Waals surface area contributed by atoms with E-state index in [4.69, 9.17) is 0 Å². The number of benzene rings is 3. The van der Waals surface area contributed by atoms with Gasteiger partial charge in [-0.05, 0) is 52.3 Å². The Morgan fingerprint density at radius 3 is 1.50 bits per heavy atom. The van der Waals surface area contributed by atoms with Crippen LogP contribution in [0.1, 0.15) is 0 Å². The fraction of sp³-hybridized carbons (Fsp3) is 0.0526. The molecule has 3 rings (SSSR count). The van der Waals surface area contributed by atoms with E-state index >= 15 is 0 Å². The van der Waals surface area contributed by atoms with Crippen molar-refractivity contribution in [3.05, 3.63) is 89.4 Å². The molecule has 0 saturated carbocycles. The lowest BCUT2D eigenvalue weighted by Gasteiger charge is -2.24. The van der Waals surface area contributed by atoms with Crippen molar-refractivity contribution in [2.75, 3.05) is 6.66 Å². The minimum Gasteiger partial charge on any atom is -1.00 e. The smallest absolute Gasteiger partial charge is 0.118 e. The maximum absolute atomic E-state index is 3.75. The standard InChI is InChI=1S/C19H17BrP.BrH/c1-21(16-10-4-2-5-11-16,17-12-6-3-7-13-17)19-15-9-8-14-18(19)20;/h2-15H,1H3;1H/q+1;/p-1. The van der Waals surface area contributed by atoms with Crippen LogP contribution >= 0.6 is 23.2 Å². The molecule has 0 bridgehead atoms. The van der Waals surface area contributed by atoms with Gasteiger partial charge in [0.25, 0.3) is 0 Å². The summed E-state index contributed by atoms with van der Waals surface area (Å²) in [7, 11) is -1.61. The summed E-state index contributed by atoms with van der Waals surface area (Å²) in [6.07, 6.45) is 0. The summed E-state index contributed by atoms with van der Waals surface area (Å²) >= 11 is 3.75. The van der Waals surface area contributed by atoms with Crippen LogP contribution in [0.5, 0.6) is 0 Å². The van der Waals surface area contributed by atoms with Crippen molar-refractivity contribution in [2.24, 2.45) is 0 Å². The topological polar surface area (TPSA) is 0 Å². The molecule has 3 aromatic carbocycles. The summed E-state index contributed by atoms with van der Waals surface area (Å²) in [5.41, 5.74) is 0. The van der Waals surface area contributed by atoms with Crippen LogP contribution in [0, 0.1) is 0 Å². The zero-order valence-corrected chi connectivity index (χ0v) is 16.4. The summed E-state index contributed by atoms with van der Waals surface area (Å²) in [4.78, 5) is 0. The number of hydrogen-bond donors (Lipinski definition) is 0. The molecule has 0 nitrogen and oxygen atoms in total. The zero-order valence-electron chi connectivity index (χ0n) is 12.3. The Hall–Kier alpha value is -0.950. The summed E-state index contributed by atoms with van der Waals surface area (Å²) in [5, 5.41) is 4.20.